The summed E-state index contributed by atoms with van der Waals surface area (Å²) in [6.45, 7) is 8.87. The Labute approximate surface area is 123 Å². The fraction of sp³-hybridized carbons (Fsp3) is 0.933. The molecule has 0 aromatic carbocycles. The molecule has 0 unspecified atom stereocenters. The minimum atomic E-state index is 0.332. The number of likely N-dealkylation sites (tertiary alicyclic amines) is 1. The van der Waals surface area contributed by atoms with Gasteiger partial charge in [0, 0.05) is 26.2 Å². The molecular weight excluding hydrogens is 252 g/mol. The molecule has 2 N–H and O–H groups in total. The fourth-order valence-corrected chi connectivity index (χ4v) is 3.14. The number of carbonyl (C=O) groups excluding carboxylic acids is 1. The van der Waals surface area contributed by atoms with Crippen LogP contribution in [0, 0.1) is 0 Å². The van der Waals surface area contributed by atoms with E-state index in [0.717, 1.165) is 52.2 Å². The minimum Gasteiger partial charge on any atom is -0.342 e. The van der Waals surface area contributed by atoms with E-state index in [2.05, 4.69) is 9.80 Å². The fourth-order valence-electron chi connectivity index (χ4n) is 3.14. The van der Waals surface area contributed by atoms with Gasteiger partial charge in [-0.3, -0.25) is 9.69 Å². The van der Waals surface area contributed by atoms with Crippen LogP contribution in [-0.2, 0) is 4.79 Å². The zero-order chi connectivity index (χ0) is 14.2. The van der Waals surface area contributed by atoms with Gasteiger partial charge in [-0.05, 0) is 58.3 Å². The van der Waals surface area contributed by atoms with Crippen LogP contribution in [0.1, 0.15) is 32.1 Å². The van der Waals surface area contributed by atoms with Gasteiger partial charge in [-0.1, -0.05) is 0 Å². The number of amides is 1. The highest BCUT2D eigenvalue weighted by Crippen LogP contribution is 2.09. The summed E-state index contributed by atoms with van der Waals surface area (Å²) in [5.41, 5.74) is 5.54. The van der Waals surface area contributed by atoms with Crippen molar-refractivity contribution < 1.29 is 4.79 Å². The first-order valence-electron chi connectivity index (χ1n) is 8.22. The maximum Gasteiger partial charge on any atom is 0.236 e. The molecule has 0 aromatic rings. The first kappa shape index (κ1) is 15.7. The van der Waals surface area contributed by atoms with Crippen molar-refractivity contribution in [3.63, 3.8) is 0 Å². The van der Waals surface area contributed by atoms with Gasteiger partial charge in [0.2, 0.25) is 5.91 Å². The summed E-state index contributed by atoms with van der Waals surface area (Å²) in [4.78, 5) is 19.1. The lowest BCUT2D eigenvalue weighted by atomic mass is 10.3. The molecule has 2 fully saturated rings. The van der Waals surface area contributed by atoms with Crippen LogP contribution in [0.15, 0.2) is 0 Å². The molecule has 2 rings (SSSR count). The van der Waals surface area contributed by atoms with Crippen LogP contribution < -0.4 is 5.73 Å². The Hall–Kier alpha value is -0.650. The molecule has 0 atom stereocenters. The maximum absolute atomic E-state index is 12.2. The van der Waals surface area contributed by atoms with Gasteiger partial charge >= 0.3 is 0 Å². The summed E-state index contributed by atoms with van der Waals surface area (Å²) in [7, 11) is 0. The Balaban J connectivity index is 1.68. The summed E-state index contributed by atoms with van der Waals surface area (Å²) >= 11 is 0. The molecule has 0 saturated carbocycles. The van der Waals surface area contributed by atoms with Crippen LogP contribution in [0.3, 0.4) is 0 Å². The van der Waals surface area contributed by atoms with E-state index in [1.54, 1.807) is 0 Å². The molecule has 5 heteroatoms. The van der Waals surface area contributed by atoms with Crippen LogP contribution in [-0.4, -0.2) is 79.5 Å². The Kier molecular flexibility index (Phi) is 6.76. The lowest BCUT2D eigenvalue weighted by Crippen LogP contribution is -2.40. The quantitative estimate of drug-likeness (QED) is 0.715. The van der Waals surface area contributed by atoms with E-state index in [-0.39, 0.29) is 0 Å². The van der Waals surface area contributed by atoms with Gasteiger partial charge < -0.3 is 15.5 Å². The highest BCUT2D eigenvalue weighted by molar-refractivity contribution is 5.78. The van der Waals surface area contributed by atoms with E-state index in [9.17, 15) is 4.79 Å². The average molecular weight is 282 g/mol. The van der Waals surface area contributed by atoms with Crippen molar-refractivity contribution >= 4 is 5.91 Å². The number of hydrogen-bond donors (Lipinski definition) is 1. The van der Waals surface area contributed by atoms with E-state index < -0.39 is 0 Å². The molecule has 0 radical (unpaired) electrons. The van der Waals surface area contributed by atoms with Crippen molar-refractivity contribution in [2.45, 2.75) is 32.1 Å². The van der Waals surface area contributed by atoms with Crippen molar-refractivity contribution in [1.29, 1.82) is 0 Å². The average Bonchev–Trinajstić information content (AvgIpc) is 2.89. The number of rotatable bonds is 6. The Morgan fingerprint density at radius 1 is 0.850 bits per heavy atom. The lowest BCUT2D eigenvalue weighted by Gasteiger charge is -2.23. The third-order valence-electron chi connectivity index (χ3n) is 4.43. The number of unbranched alkanes of at least 4 members (excludes halogenated alkanes) is 1. The molecule has 2 heterocycles. The van der Waals surface area contributed by atoms with Gasteiger partial charge in [0.15, 0.2) is 0 Å². The summed E-state index contributed by atoms with van der Waals surface area (Å²) in [6.07, 6.45) is 5.86. The lowest BCUT2D eigenvalue weighted by molar-refractivity contribution is -0.131. The van der Waals surface area contributed by atoms with Crippen LogP contribution in [0.4, 0.5) is 0 Å². The molecule has 2 aliphatic rings. The van der Waals surface area contributed by atoms with Gasteiger partial charge in [0.1, 0.15) is 0 Å². The van der Waals surface area contributed by atoms with Gasteiger partial charge in [-0.2, -0.15) is 0 Å². The minimum absolute atomic E-state index is 0.332. The Bertz CT molecular complexity index is 292. The molecular formula is C15H30N4O. The summed E-state index contributed by atoms with van der Waals surface area (Å²) < 4.78 is 0. The van der Waals surface area contributed by atoms with E-state index >= 15 is 0 Å². The molecule has 0 aromatic heterocycles. The molecule has 0 aliphatic carbocycles. The molecule has 0 bridgehead atoms. The van der Waals surface area contributed by atoms with Gasteiger partial charge in [-0.15, -0.1) is 0 Å². The van der Waals surface area contributed by atoms with Crippen molar-refractivity contribution in [3.05, 3.63) is 0 Å². The first-order chi connectivity index (χ1) is 9.79. The Morgan fingerprint density at radius 3 is 2.30 bits per heavy atom. The highest BCUT2D eigenvalue weighted by Gasteiger charge is 2.22. The molecule has 0 spiro atoms. The summed E-state index contributed by atoms with van der Waals surface area (Å²) in [6, 6.07) is 0. The number of nitrogens with two attached hydrogens (primary N) is 1. The molecule has 1 amide bonds. The van der Waals surface area contributed by atoms with Crippen molar-refractivity contribution in [2.75, 3.05) is 58.9 Å². The van der Waals surface area contributed by atoms with E-state index in [1.807, 2.05) is 4.90 Å². The number of carbonyl (C=O) groups is 1. The second kappa shape index (κ2) is 8.60. The predicted molar refractivity (Wildman–Crippen MR) is 81.6 cm³/mol. The van der Waals surface area contributed by atoms with Crippen LogP contribution >= 0.6 is 0 Å². The SMILES string of the molecule is NCCCCN1CCCN(CC(=O)N2CCCC2)CC1. The maximum atomic E-state index is 12.2. The summed E-state index contributed by atoms with van der Waals surface area (Å²) in [5, 5.41) is 0. The zero-order valence-corrected chi connectivity index (χ0v) is 12.7. The van der Waals surface area contributed by atoms with Crippen LogP contribution in [0.2, 0.25) is 0 Å². The normalized spacial score (nSPS) is 22.1. The molecule has 2 aliphatic heterocycles. The third kappa shape index (κ3) is 5.04. The predicted octanol–water partition coefficient (Wildman–Crippen LogP) is 0.355. The number of hydrogen-bond acceptors (Lipinski definition) is 4. The first-order valence-corrected chi connectivity index (χ1v) is 8.22. The molecule has 116 valence electrons. The van der Waals surface area contributed by atoms with Gasteiger partial charge in [0.05, 0.1) is 6.54 Å². The van der Waals surface area contributed by atoms with Crippen molar-refractivity contribution in [1.82, 2.24) is 14.7 Å². The van der Waals surface area contributed by atoms with Crippen LogP contribution in [0.5, 0.6) is 0 Å². The number of nitrogens with zero attached hydrogens (tertiary/aromatic N) is 3. The van der Waals surface area contributed by atoms with Gasteiger partial charge in [-0.25, -0.2) is 0 Å². The molecule has 2 saturated heterocycles. The standard InChI is InChI=1S/C15H30N4O/c16-6-1-2-7-17-8-5-9-18(13-12-17)14-15(20)19-10-3-4-11-19/h1-14,16H2. The largest absolute Gasteiger partial charge is 0.342 e. The van der Waals surface area contributed by atoms with Gasteiger partial charge in [0.25, 0.3) is 0 Å². The van der Waals surface area contributed by atoms with Crippen LogP contribution in [0.25, 0.3) is 0 Å². The van der Waals surface area contributed by atoms with E-state index in [1.165, 1.54) is 32.2 Å². The van der Waals surface area contributed by atoms with Crippen molar-refractivity contribution in [2.24, 2.45) is 5.73 Å². The third-order valence-corrected chi connectivity index (χ3v) is 4.43. The molecule has 20 heavy (non-hydrogen) atoms. The second-order valence-corrected chi connectivity index (χ2v) is 6.06. The smallest absolute Gasteiger partial charge is 0.236 e. The van der Waals surface area contributed by atoms with Crippen molar-refractivity contribution in [3.8, 4) is 0 Å². The molecule has 5 nitrogen and oxygen atoms in total. The Morgan fingerprint density at radius 2 is 1.55 bits per heavy atom. The second-order valence-electron chi connectivity index (χ2n) is 6.06. The van der Waals surface area contributed by atoms with E-state index in [4.69, 9.17) is 5.73 Å². The van der Waals surface area contributed by atoms with E-state index in [0.29, 0.717) is 12.5 Å². The summed E-state index contributed by atoms with van der Waals surface area (Å²) in [5.74, 6) is 0.332. The topological polar surface area (TPSA) is 52.8 Å². The monoisotopic (exact) mass is 282 g/mol. The highest BCUT2D eigenvalue weighted by atomic mass is 16.2. The zero-order valence-electron chi connectivity index (χ0n) is 12.7.